The lowest BCUT2D eigenvalue weighted by Gasteiger charge is -2.29. The summed E-state index contributed by atoms with van der Waals surface area (Å²) < 4.78 is 35.9. The van der Waals surface area contributed by atoms with Gasteiger partial charge in [0, 0.05) is 30.2 Å². The van der Waals surface area contributed by atoms with Crippen LogP contribution in [0, 0.1) is 6.92 Å². The predicted octanol–water partition coefficient (Wildman–Crippen LogP) is 3.81. The van der Waals surface area contributed by atoms with E-state index in [1.54, 1.807) is 47.3 Å². The number of halogens is 2. The summed E-state index contributed by atoms with van der Waals surface area (Å²) in [5.41, 5.74) is 9.87. The molecule has 6 rings (SSSR count). The molecule has 0 aliphatic heterocycles. The van der Waals surface area contributed by atoms with Gasteiger partial charge in [0.05, 0.1) is 35.5 Å². The average molecular weight is 604 g/mol. The van der Waals surface area contributed by atoms with Gasteiger partial charge in [-0.1, -0.05) is 12.1 Å². The van der Waals surface area contributed by atoms with E-state index in [-0.39, 0.29) is 29.5 Å². The Labute approximate surface area is 250 Å². The molecular formula is C30H31F2N9O3. The molecule has 14 heteroatoms. The third-order valence-corrected chi connectivity index (χ3v) is 7.88. The molecule has 12 nitrogen and oxygen atoms in total. The van der Waals surface area contributed by atoms with Crippen LogP contribution in [-0.4, -0.2) is 64.7 Å². The van der Waals surface area contributed by atoms with Gasteiger partial charge in [-0.05, 0) is 56.4 Å². The Hall–Kier alpha value is -5.14. The van der Waals surface area contributed by atoms with E-state index in [2.05, 4.69) is 25.6 Å². The molecule has 2 amide bonds. The van der Waals surface area contributed by atoms with Gasteiger partial charge in [-0.25, -0.2) is 13.5 Å². The zero-order valence-electron chi connectivity index (χ0n) is 24.2. The summed E-state index contributed by atoms with van der Waals surface area (Å²) >= 11 is 0. The highest BCUT2D eigenvalue weighted by Crippen LogP contribution is 2.28. The summed E-state index contributed by atoms with van der Waals surface area (Å²) in [7, 11) is 1.76. The molecule has 4 aromatic heterocycles. The first-order valence-electron chi connectivity index (χ1n) is 14.2. The molecule has 1 aromatic carbocycles. The van der Waals surface area contributed by atoms with Gasteiger partial charge in [0.2, 0.25) is 5.88 Å². The van der Waals surface area contributed by atoms with Crippen molar-refractivity contribution in [2.24, 2.45) is 12.8 Å². The third-order valence-electron chi connectivity index (χ3n) is 7.88. The molecule has 1 aliphatic carbocycles. The van der Waals surface area contributed by atoms with Crippen LogP contribution in [0.3, 0.4) is 0 Å². The zero-order chi connectivity index (χ0) is 31.0. The second-order valence-electron chi connectivity index (χ2n) is 10.9. The number of hydrogen-bond donors (Lipinski definition) is 2. The Morgan fingerprint density at radius 1 is 1.02 bits per heavy atom. The number of nitrogens with zero attached hydrogens (tertiary/aromatic N) is 7. The second-order valence-corrected chi connectivity index (χ2v) is 10.9. The molecule has 1 saturated carbocycles. The Bertz CT molecular complexity index is 1820. The van der Waals surface area contributed by atoms with E-state index in [4.69, 9.17) is 10.5 Å². The van der Waals surface area contributed by atoms with Crippen molar-refractivity contribution < 1.29 is 23.1 Å². The first-order valence-corrected chi connectivity index (χ1v) is 14.2. The van der Waals surface area contributed by atoms with E-state index < -0.39 is 18.9 Å². The minimum Gasteiger partial charge on any atom is -0.474 e. The van der Waals surface area contributed by atoms with Crippen molar-refractivity contribution in [3.63, 3.8) is 0 Å². The molecule has 228 valence electrons. The smallest absolute Gasteiger partial charge is 0.257 e. The number of rotatable bonds is 9. The SMILES string of the molecule is Cc1c(C(=O)NC2CCC(Oc3nc4c(cnn4C)cc3C(N)=O)CC2)cnn1-c1ccc(-c2cnn(CC(F)F)c2)cc1. The standard InChI is InChI=1S/C30H31F2N9O3/c1-17-25(14-36-41(17)22-7-3-18(4-8-22)20-13-35-40(15-20)16-26(31)32)29(43)37-21-5-9-23(10-6-21)44-30-24(27(33)42)11-19-12-34-39(2)28(19)38-30/h3-4,7-8,11-15,21,23,26H,5-6,9-10,16H2,1-2H3,(H2,33,42)(H,37,43). The molecule has 0 atom stereocenters. The summed E-state index contributed by atoms with van der Waals surface area (Å²) in [6.45, 7) is 1.38. The minimum absolute atomic E-state index is 0.0431. The number of nitrogens with two attached hydrogens (primary N) is 1. The number of benzene rings is 1. The highest BCUT2D eigenvalue weighted by atomic mass is 19.3. The van der Waals surface area contributed by atoms with Crippen LogP contribution in [0.15, 0.2) is 55.1 Å². The normalized spacial score (nSPS) is 16.8. The number of carbonyl (C=O) groups excluding carboxylic acids is 2. The Balaban J connectivity index is 1.06. The Kier molecular flexibility index (Phi) is 7.80. The summed E-state index contributed by atoms with van der Waals surface area (Å²) in [4.78, 5) is 29.7. The number of amides is 2. The molecule has 1 fully saturated rings. The van der Waals surface area contributed by atoms with Gasteiger partial charge in [-0.2, -0.15) is 20.3 Å². The quantitative estimate of drug-likeness (QED) is 0.260. The van der Waals surface area contributed by atoms with Gasteiger partial charge in [-0.3, -0.25) is 19.0 Å². The number of carbonyl (C=O) groups is 2. The molecule has 0 spiro atoms. The first kappa shape index (κ1) is 29.0. The zero-order valence-corrected chi connectivity index (χ0v) is 24.2. The average Bonchev–Trinajstić information content (AvgIpc) is 3.72. The van der Waals surface area contributed by atoms with Crippen molar-refractivity contribution in [3.8, 4) is 22.7 Å². The molecule has 5 aromatic rings. The van der Waals surface area contributed by atoms with Crippen LogP contribution in [0.2, 0.25) is 0 Å². The number of hydrogen-bond acceptors (Lipinski definition) is 7. The van der Waals surface area contributed by atoms with Crippen molar-refractivity contribution in [1.82, 2.24) is 39.6 Å². The fourth-order valence-electron chi connectivity index (χ4n) is 5.51. The van der Waals surface area contributed by atoms with Crippen LogP contribution in [-0.2, 0) is 13.6 Å². The summed E-state index contributed by atoms with van der Waals surface area (Å²) in [5, 5.41) is 16.4. The monoisotopic (exact) mass is 603 g/mol. The summed E-state index contributed by atoms with van der Waals surface area (Å²) in [6, 6.07) is 9.03. The van der Waals surface area contributed by atoms with E-state index in [0.717, 1.165) is 16.8 Å². The Morgan fingerprint density at radius 3 is 2.48 bits per heavy atom. The largest absolute Gasteiger partial charge is 0.474 e. The van der Waals surface area contributed by atoms with E-state index >= 15 is 0 Å². The van der Waals surface area contributed by atoms with Gasteiger partial charge < -0.3 is 15.8 Å². The number of alkyl halides is 2. The predicted molar refractivity (Wildman–Crippen MR) is 157 cm³/mol. The van der Waals surface area contributed by atoms with Crippen molar-refractivity contribution >= 4 is 22.8 Å². The number of aromatic nitrogens is 7. The highest BCUT2D eigenvalue weighted by Gasteiger charge is 2.27. The number of pyridine rings is 1. The fraction of sp³-hybridized carbons (Fsp3) is 0.333. The van der Waals surface area contributed by atoms with Crippen LogP contribution in [0.4, 0.5) is 8.78 Å². The van der Waals surface area contributed by atoms with Crippen molar-refractivity contribution in [3.05, 3.63) is 71.9 Å². The summed E-state index contributed by atoms with van der Waals surface area (Å²) in [6.07, 6.45) is 6.37. The number of ether oxygens (including phenoxy) is 1. The molecule has 4 heterocycles. The van der Waals surface area contributed by atoms with E-state index in [9.17, 15) is 18.4 Å². The third kappa shape index (κ3) is 5.87. The van der Waals surface area contributed by atoms with Gasteiger partial charge in [-0.15, -0.1) is 0 Å². The summed E-state index contributed by atoms with van der Waals surface area (Å²) in [5.74, 6) is -0.634. The molecule has 3 N–H and O–H groups in total. The molecule has 0 bridgehead atoms. The molecule has 1 aliphatic rings. The molecular weight excluding hydrogens is 572 g/mol. The number of nitrogens with one attached hydrogen (secondary N) is 1. The van der Waals surface area contributed by atoms with Gasteiger partial charge in [0.15, 0.2) is 5.65 Å². The number of fused-ring (bicyclic) bond motifs is 1. The van der Waals surface area contributed by atoms with Gasteiger partial charge in [0.1, 0.15) is 18.2 Å². The highest BCUT2D eigenvalue weighted by molar-refractivity contribution is 5.98. The van der Waals surface area contributed by atoms with Crippen molar-refractivity contribution in [1.29, 1.82) is 0 Å². The lowest BCUT2D eigenvalue weighted by molar-refractivity contribution is 0.0881. The van der Waals surface area contributed by atoms with E-state index in [0.29, 0.717) is 48.0 Å². The van der Waals surface area contributed by atoms with Crippen LogP contribution >= 0.6 is 0 Å². The topological polar surface area (TPSA) is 148 Å². The fourth-order valence-corrected chi connectivity index (χ4v) is 5.51. The number of aryl methyl sites for hydroxylation is 1. The van der Waals surface area contributed by atoms with Gasteiger partial charge in [0.25, 0.3) is 18.2 Å². The first-order chi connectivity index (χ1) is 21.2. The van der Waals surface area contributed by atoms with Crippen LogP contribution in [0.5, 0.6) is 5.88 Å². The van der Waals surface area contributed by atoms with Crippen LogP contribution < -0.4 is 15.8 Å². The van der Waals surface area contributed by atoms with Crippen LogP contribution in [0.25, 0.3) is 27.8 Å². The Morgan fingerprint density at radius 2 is 1.77 bits per heavy atom. The molecule has 0 radical (unpaired) electrons. The number of primary amides is 1. The van der Waals surface area contributed by atoms with Gasteiger partial charge >= 0.3 is 0 Å². The second kappa shape index (κ2) is 11.9. The minimum atomic E-state index is -2.47. The van der Waals surface area contributed by atoms with E-state index in [1.165, 1.54) is 4.68 Å². The van der Waals surface area contributed by atoms with Crippen molar-refractivity contribution in [2.75, 3.05) is 0 Å². The van der Waals surface area contributed by atoms with E-state index in [1.807, 2.05) is 31.2 Å². The molecule has 44 heavy (non-hydrogen) atoms. The van der Waals surface area contributed by atoms with Crippen molar-refractivity contribution in [2.45, 2.75) is 57.7 Å². The maximum Gasteiger partial charge on any atom is 0.257 e. The lowest BCUT2D eigenvalue weighted by Crippen LogP contribution is -2.40. The maximum atomic E-state index is 13.2. The lowest BCUT2D eigenvalue weighted by atomic mass is 9.92. The van der Waals surface area contributed by atoms with Crippen LogP contribution in [0.1, 0.15) is 52.1 Å². The maximum absolute atomic E-state index is 13.2. The molecule has 0 unspecified atom stereocenters. The molecule has 0 saturated heterocycles.